The maximum Gasteiger partial charge on any atom is 0.211 e. The van der Waals surface area contributed by atoms with E-state index in [9.17, 15) is 9.90 Å². The number of aliphatic hydroxyl groups excluding tert-OH is 1. The molecule has 3 N–H and O–H groups in total. The van der Waals surface area contributed by atoms with E-state index in [0.29, 0.717) is 32.7 Å². The second-order valence-corrected chi connectivity index (χ2v) is 6.70. The second-order valence-electron chi connectivity index (χ2n) is 6.70. The Kier molecular flexibility index (Phi) is 8.26. The van der Waals surface area contributed by atoms with Crippen molar-refractivity contribution in [2.24, 2.45) is 0 Å². The molecule has 0 saturated heterocycles. The minimum absolute atomic E-state index is 0.426. The number of carbonyl (C=O) groups is 1. The summed E-state index contributed by atoms with van der Waals surface area (Å²) in [5.41, 5.74) is 2.66. The first-order chi connectivity index (χ1) is 14.7. The van der Waals surface area contributed by atoms with Crippen molar-refractivity contribution in [2.75, 3.05) is 25.0 Å². The first-order valence-electron chi connectivity index (χ1n) is 9.83. The molecule has 0 aromatic heterocycles. The molecule has 1 unspecified atom stereocenters. The summed E-state index contributed by atoms with van der Waals surface area (Å²) in [5, 5.41) is 16.1. The van der Waals surface area contributed by atoms with Gasteiger partial charge in [-0.05, 0) is 47.5 Å². The molecule has 0 bridgehead atoms. The van der Waals surface area contributed by atoms with E-state index in [1.165, 1.54) is 0 Å². The van der Waals surface area contributed by atoms with Gasteiger partial charge in [0.1, 0.15) is 24.7 Å². The Morgan fingerprint density at radius 1 is 0.867 bits per heavy atom. The van der Waals surface area contributed by atoms with Crippen LogP contribution < -0.4 is 20.1 Å². The van der Waals surface area contributed by atoms with E-state index in [0.717, 1.165) is 28.3 Å². The Morgan fingerprint density at radius 3 is 2.23 bits per heavy atom. The average Bonchev–Trinajstić information content (AvgIpc) is 2.80. The molecule has 0 spiro atoms. The number of anilines is 1. The largest absolute Gasteiger partial charge is 0.492 e. The van der Waals surface area contributed by atoms with Crippen LogP contribution in [0.25, 0.3) is 0 Å². The first kappa shape index (κ1) is 21.4. The number of aliphatic hydroxyl groups is 1. The minimum atomic E-state index is -0.609. The maximum atomic E-state index is 10.4. The summed E-state index contributed by atoms with van der Waals surface area (Å²) < 4.78 is 11.4. The smallest absolute Gasteiger partial charge is 0.211 e. The van der Waals surface area contributed by atoms with Crippen LogP contribution in [0.1, 0.15) is 17.2 Å². The lowest BCUT2D eigenvalue weighted by Crippen LogP contribution is -2.26. The highest BCUT2D eigenvalue weighted by Gasteiger charge is 2.07. The quantitative estimate of drug-likeness (QED) is 0.317. The normalized spacial score (nSPS) is 11.5. The molecular weight excluding hydrogens is 380 g/mol. The highest BCUT2D eigenvalue weighted by Crippen LogP contribution is 2.19. The summed E-state index contributed by atoms with van der Waals surface area (Å²) >= 11 is 0. The van der Waals surface area contributed by atoms with Crippen LogP contribution in [0.3, 0.4) is 0 Å². The van der Waals surface area contributed by atoms with E-state index >= 15 is 0 Å². The van der Waals surface area contributed by atoms with Crippen molar-refractivity contribution in [3.8, 4) is 11.5 Å². The van der Waals surface area contributed by atoms with Gasteiger partial charge in [-0.2, -0.15) is 0 Å². The molecule has 0 aliphatic rings. The highest BCUT2D eigenvalue weighted by molar-refractivity contribution is 5.71. The molecule has 30 heavy (non-hydrogen) atoms. The number of amides is 1. The molecule has 6 heteroatoms. The summed E-state index contributed by atoms with van der Waals surface area (Å²) in [6, 6.07) is 24.6. The van der Waals surface area contributed by atoms with Crippen LogP contribution in [0.15, 0.2) is 78.9 Å². The summed E-state index contributed by atoms with van der Waals surface area (Å²) in [6.07, 6.45) is 0.0259. The van der Waals surface area contributed by atoms with Crippen LogP contribution in [0.4, 0.5) is 5.69 Å². The van der Waals surface area contributed by atoms with Gasteiger partial charge in [0, 0.05) is 18.8 Å². The van der Waals surface area contributed by atoms with E-state index in [2.05, 4.69) is 10.6 Å². The fraction of sp³-hybridized carbons (Fsp3) is 0.208. The lowest BCUT2D eigenvalue weighted by atomic mass is 10.1. The van der Waals surface area contributed by atoms with Gasteiger partial charge in [0.2, 0.25) is 6.41 Å². The summed E-state index contributed by atoms with van der Waals surface area (Å²) in [5.74, 6) is 1.49. The highest BCUT2D eigenvalue weighted by atomic mass is 16.5. The van der Waals surface area contributed by atoms with E-state index < -0.39 is 6.10 Å². The molecule has 0 aliphatic heterocycles. The predicted octanol–water partition coefficient (Wildman–Crippen LogP) is 3.54. The lowest BCUT2D eigenvalue weighted by molar-refractivity contribution is -0.105. The number of hydrogen-bond donors (Lipinski definition) is 3. The van der Waals surface area contributed by atoms with Crippen molar-refractivity contribution >= 4 is 12.1 Å². The SMILES string of the molecule is O=CNc1ccc(OCCNCC(O)c2ccc(OCc3ccccc3)cc2)cc1. The standard InChI is InChI=1S/C24H26N2O4/c27-18-26-21-8-12-22(13-9-21)29-15-14-25-16-24(28)20-6-10-23(11-7-20)30-17-19-4-2-1-3-5-19/h1-13,18,24-25,28H,14-17H2,(H,26,27). The number of carbonyl (C=O) groups excluding carboxylic acids is 1. The van der Waals surface area contributed by atoms with E-state index in [4.69, 9.17) is 9.47 Å². The summed E-state index contributed by atoms with van der Waals surface area (Å²) in [6.45, 7) is 2.01. The van der Waals surface area contributed by atoms with E-state index in [-0.39, 0.29) is 0 Å². The third-order valence-electron chi connectivity index (χ3n) is 4.48. The van der Waals surface area contributed by atoms with Gasteiger partial charge in [-0.1, -0.05) is 42.5 Å². The number of nitrogens with one attached hydrogen (secondary N) is 2. The lowest BCUT2D eigenvalue weighted by Gasteiger charge is -2.14. The Hall–Kier alpha value is -3.35. The Labute approximate surface area is 176 Å². The monoisotopic (exact) mass is 406 g/mol. The third-order valence-corrected chi connectivity index (χ3v) is 4.48. The molecule has 3 rings (SSSR count). The van der Waals surface area contributed by atoms with Gasteiger partial charge in [-0.25, -0.2) is 0 Å². The molecular formula is C24H26N2O4. The molecule has 1 atom stereocenters. The zero-order chi connectivity index (χ0) is 21.0. The molecule has 0 saturated carbocycles. The van der Waals surface area contributed by atoms with Gasteiger partial charge in [0.15, 0.2) is 0 Å². The first-order valence-corrected chi connectivity index (χ1v) is 9.83. The second kappa shape index (κ2) is 11.6. The van der Waals surface area contributed by atoms with Crippen LogP contribution in [-0.2, 0) is 11.4 Å². The molecule has 0 radical (unpaired) electrons. The third kappa shape index (κ3) is 6.92. The molecule has 3 aromatic carbocycles. The van der Waals surface area contributed by atoms with Gasteiger partial charge in [-0.15, -0.1) is 0 Å². The Bertz CT molecular complexity index is 883. The van der Waals surface area contributed by atoms with Gasteiger partial charge < -0.3 is 25.2 Å². The van der Waals surface area contributed by atoms with Crippen LogP contribution in [0.5, 0.6) is 11.5 Å². The number of ether oxygens (including phenoxy) is 2. The van der Waals surface area contributed by atoms with Gasteiger partial charge in [-0.3, -0.25) is 4.79 Å². The van der Waals surface area contributed by atoms with Gasteiger partial charge in [0.25, 0.3) is 0 Å². The molecule has 0 fully saturated rings. The Morgan fingerprint density at radius 2 is 1.53 bits per heavy atom. The summed E-state index contributed by atoms with van der Waals surface area (Å²) in [7, 11) is 0. The van der Waals surface area contributed by atoms with E-state index in [1.807, 2.05) is 54.6 Å². The maximum absolute atomic E-state index is 10.4. The van der Waals surface area contributed by atoms with Crippen molar-refractivity contribution in [2.45, 2.75) is 12.7 Å². The van der Waals surface area contributed by atoms with Crippen molar-refractivity contribution in [1.29, 1.82) is 0 Å². The average molecular weight is 406 g/mol. The molecule has 6 nitrogen and oxygen atoms in total. The zero-order valence-electron chi connectivity index (χ0n) is 16.7. The van der Waals surface area contributed by atoms with Crippen LogP contribution in [-0.4, -0.2) is 31.2 Å². The van der Waals surface area contributed by atoms with Crippen molar-refractivity contribution < 1.29 is 19.4 Å². The Balaban J connectivity index is 1.34. The molecule has 1 amide bonds. The zero-order valence-corrected chi connectivity index (χ0v) is 16.7. The number of hydrogen-bond acceptors (Lipinski definition) is 5. The fourth-order valence-electron chi connectivity index (χ4n) is 2.84. The summed E-state index contributed by atoms with van der Waals surface area (Å²) in [4.78, 5) is 10.4. The molecule has 3 aromatic rings. The van der Waals surface area contributed by atoms with E-state index in [1.54, 1.807) is 24.3 Å². The molecule has 156 valence electrons. The van der Waals surface area contributed by atoms with Crippen LogP contribution >= 0.6 is 0 Å². The molecule has 0 heterocycles. The van der Waals surface area contributed by atoms with Crippen LogP contribution in [0, 0.1) is 0 Å². The fourth-order valence-corrected chi connectivity index (χ4v) is 2.84. The predicted molar refractivity (Wildman–Crippen MR) is 117 cm³/mol. The van der Waals surface area contributed by atoms with Crippen molar-refractivity contribution in [1.82, 2.24) is 5.32 Å². The van der Waals surface area contributed by atoms with Crippen molar-refractivity contribution in [3.05, 3.63) is 90.0 Å². The number of benzene rings is 3. The van der Waals surface area contributed by atoms with Gasteiger partial charge >= 0.3 is 0 Å². The number of rotatable bonds is 12. The topological polar surface area (TPSA) is 79.8 Å². The van der Waals surface area contributed by atoms with Crippen molar-refractivity contribution in [3.63, 3.8) is 0 Å². The molecule has 0 aliphatic carbocycles. The van der Waals surface area contributed by atoms with Gasteiger partial charge in [0.05, 0.1) is 6.10 Å². The van der Waals surface area contributed by atoms with Crippen LogP contribution in [0.2, 0.25) is 0 Å². The minimum Gasteiger partial charge on any atom is -0.492 e.